The summed E-state index contributed by atoms with van der Waals surface area (Å²) in [6.07, 6.45) is 2.29. The normalized spacial score (nSPS) is 25.2. The smallest absolute Gasteiger partial charge is 0.236 e. The van der Waals surface area contributed by atoms with Crippen molar-refractivity contribution in [1.29, 1.82) is 0 Å². The molecular weight excluding hydrogens is 272 g/mol. The fraction of sp³-hybridized carbons (Fsp3) is 0.500. The predicted octanol–water partition coefficient (Wildman–Crippen LogP) is 0.679. The van der Waals surface area contributed by atoms with E-state index >= 15 is 0 Å². The number of ether oxygens (including phenoxy) is 2. The van der Waals surface area contributed by atoms with E-state index in [0.29, 0.717) is 37.2 Å². The number of nitrogens with zero attached hydrogens (tertiary/aromatic N) is 3. The van der Waals surface area contributed by atoms with E-state index in [2.05, 4.69) is 15.1 Å². The number of hydrogen-bond donors (Lipinski definition) is 1. The molecule has 2 unspecified atom stereocenters. The van der Waals surface area contributed by atoms with E-state index < -0.39 is 5.41 Å². The van der Waals surface area contributed by atoms with Crippen LogP contribution in [0.15, 0.2) is 22.9 Å². The number of aromatic nitrogens is 3. The maximum Gasteiger partial charge on any atom is 0.236 e. The molecule has 2 atom stereocenters. The van der Waals surface area contributed by atoms with Crippen molar-refractivity contribution in [3.05, 3.63) is 35.6 Å². The maximum atomic E-state index is 6.06. The van der Waals surface area contributed by atoms with Gasteiger partial charge in [0.25, 0.3) is 0 Å². The molecule has 1 aliphatic rings. The van der Waals surface area contributed by atoms with Gasteiger partial charge in [-0.3, -0.25) is 0 Å². The average molecular weight is 290 g/mol. The van der Waals surface area contributed by atoms with E-state index in [-0.39, 0.29) is 6.04 Å². The minimum absolute atomic E-state index is 0.131. The van der Waals surface area contributed by atoms with Gasteiger partial charge in [-0.1, -0.05) is 11.2 Å². The minimum Gasteiger partial charge on any atom is -0.481 e. The van der Waals surface area contributed by atoms with Crippen LogP contribution in [0.4, 0.5) is 0 Å². The molecule has 1 aliphatic heterocycles. The Morgan fingerprint density at radius 3 is 2.95 bits per heavy atom. The van der Waals surface area contributed by atoms with E-state index in [1.165, 1.54) is 0 Å². The second-order valence-corrected chi connectivity index (χ2v) is 5.44. The standard InChI is InChI=1S/C14H18N4O3/c1-14(8-20-7-10(14)15)13-17-11(18-21-13)5-9-3-4-12(19-2)16-6-9/h3-4,6,10H,5,7-8,15H2,1-2H3. The van der Waals surface area contributed by atoms with Crippen molar-refractivity contribution in [2.24, 2.45) is 5.73 Å². The molecule has 3 heterocycles. The zero-order chi connectivity index (χ0) is 14.9. The zero-order valence-electron chi connectivity index (χ0n) is 12.1. The Hall–Kier alpha value is -1.99. The van der Waals surface area contributed by atoms with Crippen molar-refractivity contribution in [3.8, 4) is 5.88 Å². The number of methoxy groups -OCH3 is 1. The van der Waals surface area contributed by atoms with E-state index in [4.69, 9.17) is 19.7 Å². The summed E-state index contributed by atoms with van der Waals surface area (Å²) in [6.45, 7) is 2.99. The van der Waals surface area contributed by atoms with Gasteiger partial charge in [-0.05, 0) is 12.5 Å². The lowest BCUT2D eigenvalue weighted by molar-refractivity contribution is 0.169. The first-order valence-corrected chi connectivity index (χ1v) is 6.77. The summed E-state index contributed by atoms with van der Waals surface area (Å²) in [7, 11) is 1.58. The van der Waals surface area contributed by atoms with Crippen LogP contribution in [0.1, 0.15) is 24.2 Å². The summed E-state index contributed by atoms with van der Waals surface area (Å²) in [5, 5.41) is 4.02. The highest BCUT2D eigenvalue weighted by Crippen LogP contribution is 2.30. The van der Waals surface area contributed by atoms with Gasteiger partial charge in [-0.2, -0.15) is 4.98 Å². The van der Waals surface area contributed by atoms with Gasteiger partial charge in [-0.15, -0.1) is 0 Å². The quantitative estimate of drug-likeness (QED) is 0.884. The van der Waals surface area contributed by atoms with Crippen molar-refractivity contribution >= 4 is 0 Å². The van der Waals surface area contributed by atoms with Crippen LogP contribution < -0.4 is 10.5 Å². The van der Waals surface area contributed by atoms with Crippen molar-refractivity contribution in [3.63, 3.8) is 0 Å². The van der Waals surface area contributed by atoms with Crippen molar-refractivity contribution in [1.82, 2.24) is 15.1 Å². The third kappa shape index (κ3) is 2.62. The number of pyridine rings is 1. The van der Waals surface area contributed by atoms with Crippen LogP contribution >= 0.6 is 0 Å². The molecular formula is C14H18N4O3. The van der Waals surface area contributed by atoms with Crippen LogP contribution in [0.3, 0.4) is 0 Å². The summed E-state index contributed by atoms with van der Waals surface area (Å²) >= 11 is 0. The summed E-state index contributed by atoms with van der Waals surface area (Å²) in [6, 6.07) is 3.60. The Labute approximate surface area is 122 Å². The molecule has 2 aromatic rings. The lowest BCUT2D eigenvalue weighted by Crippen LogP contribution is -2.42. The Morgan fingerprint density at radius 1 is 1.48 bits per heavy atom. The lowest BCUT2D eigenvalue weighted by Gasteiger charge is -2.21. The fourth-order valence-electron chi connectivity index (χ4n) is 2.29. The van der Waals surface area contributed by atoms with Crippen molar-refractivity contribution in [2.75, 3.05) is 20.3 Å². The molecule has 0 aliphatic carbocycles. The second kappa shape index (κ2) is 5.42. The van der Waals surface area contributed by atoms with Crippen molar-refractivity contribution < 1.29 is 14.0 Å². The first-order valence-electron chi connectivity index (χ1n) is 6.77. The van der Waals surface area contributed by atoms with E-state index in [1.54, 1.807) is 19.4 Å². The van der Waals surface area contributed by atoms with Gasteiger partial charge in [0.15, 0.2) is 5.82 Å². The largest absolute Gasteiger partial charge is 0.481 e. The van der Waals surface area contributed by atoms with Crippen LogP contribution in [-0.2, 0) is 16.6 Å². The summed E-state index contributed by atoms with van der Waals surface area (Å²) in [4.78, 5) is 8.61. The predicted molar refractivity (Wildman–Crippen MR) is 74.0 cm³/mol. The SMILES string of the molecule is COc1ccc(Cc2noc(C3(C)COCC3N)n2)cn1. The van der Waals surface area contributed by atoms with Gasteiger partial charge in [-0.25, -0.2) is 4.98 Å². The Kier molecular flexibility index (Phi) is 3.60. The van der Waals surface area contributed by atoms with Crippen LogP contribution in [0.5, 0.6) is 5.88 Å². The molecule has 0 aromatic carbocycles. The van der Waals surface area contributed by atoms with Crippen molar-refractivity contribution in [2.45, 2.75) is 24.8 Å². The Morgan fingerprint density at radius 2 is 2.33 bits per heavy atom. The zero-order valence-corrected chi connectivity index (χ0v) is 12.1. The molecule has 112 valence electrons. The third-order valence-electron chi connectivity index (χ3n) is 3.84. The highest BCUT2D eigenvalue weighted by atomic mass is 16.5. The number of nitrogens with two attached hydrogens (primary N) is 1. The molecule has 0 radical (unpaired) electrons. The molecule has 0 bridgehead atoms. The molecule has 7 heteroatoms. The van der Waals surface area contributed by atoms with Crippen LogP contribution in [0.25, 0.3) is 0 Å². The number of rotatable bonds is 4. The average Bonchev–Trinajstić information content (AvgIpc) is 3.09. The van der Waals surface area contributed by atoms with Crippen LogP contribution in [0.2, 0.25) is 0 Å². The fourth-order valence-corrected chi connectivity index (χ4v) is 2.29. The van der Waals surface area contributed by atoms with Gasteiger partial charge in [0.2, 0.25) is 11.8 Å². The monoisotopic (exact) mass is 290 g/mol. The second-order valence-electron chi connectivity index (χ2n) is 5.44. The molecule has 2 N–H and O–H groups in total. The maximum absolute atomic E-state index is 6.06. The minimum atomic E-state index is -0.413. The molecule has 2 aromatic heterocycles. The molecule has 1 fully saturated rings. The van der Waals surface area contributed by atoms with Gasteiger partial charge in [0.1, 0.15) is 0 Å². The molecule has 7 nitrogen and oxygen atoms in total. The van der Waals surface area contributed by atoms with E-state index in [1.807, 2.05) is 13.0 Å². The summed E-state index contributed by atoms with van der Waals surface area (Å²) in [5.41, 5.74) is 6.64. The van der Waals surface area contributed by atoms with Crippen LogP contribution in [0, 0.1) is 0 Å². The molecule has 21 heavy (non-hydrogen) atoms. The third-order valence-corrected chi connectivity index (χ3v) is 3.84. The topological polar surface area (TPSA) is 96.3 Å². The molecule has 0 amide bonds. The molecule has 3 rings (SSSR count). The highest BCUT2D eigenvalue weighted by molar-refractivity contribution is 5.21. The number of hydrogen-bond acceptors (Lipinski definition) is 7. The molecule has 0 saturated carbocycles. The highest BCUT2D eigenvalue weighted by Gasteiger charge is 2.44. The Bertz CT molecular complexity index is 613. The van der Waals surface area contributed by atoms with Crippen LogP contribution in [-0.4, -0.2) is 41.5 Å². The van der Waals surface area contributed by atoms with E-state index in [9.17, 15) is 0 Å². The Balaban J connectivity index is 1.75. The molecule has 1 saturated heterocycles. The van der Waals surface area contributed by atoms with Gasteiger partial charge in [0, 0.05) is 24.7 Å². The van der Waals surface area contributed by atoms with Gasteiger partial charge >= 0.3 is 0 Å². The van der Waals surface area contributed by atoms with Gasteiger partial charge in [0.05, 0.1) is 25.7 Å². The first-order chi connectivity index (χ1) is 10.1. The lowest BCUT2D eigenvalue weighted by atomic mass is 9.86. The summed E-state index contributed by atoms with van der Waals surface area (Å²) < 4.78 is 15.8. The van der Waals surface area contributed by atoms with E-state index in [0.717, 1.165) is 5.56 Å². The first kappa shape index (κ1) is 14.0. The van der Waals surface area contributed by atoms with Gasteiger partial charge < -0.3 is 19.7 Å². The summed E-state index contributed by atoms with van der Waals surface area (Å²) in [5.74, 6) is 1.72. The molecule has 0 spiro atoms.